The Kier molecular flexibility index (Phi) is 6.12. The van der Waals surface area contributed by atoms with Crippen LogP contribution in [0.4, 0.5) is 17.6 Å². The standard InChI is InChI=1S/C20H18F4N4O2S/c1-30-17-12(3-2-6-25-17)20-28(19(29)16-13(22)7-11(21)8-14(16)23)27-18(31-20)10-4-5-15(24)26-9-10/h2-6,9,11,13-14,16,20H,7-8H2,1H3/t11?,13-,14?,16?,20?/m0/s1. The first kappa shape index (κ1) is 21.5. The molecule has 3 heterocycles. The third-order valence-electron chi connectivity index (χ3n) is 5.13. The van der Waals surface area contributed by atoms with Crippen LogP contribution in [0.5, 0.6) is 5.88 Å². The predicted molar refractivity (Wildman–Crippen MR) is 106 cm³/mol. The van der Waals surface area contributed by atoms with E-state index in [9.17, 15) is 22.4 Å². The molecule has 164 valence electrons. The Morgan fingerprint density at radius 1 is 1.16 bits per heavy atom. The highest BCUT2D eigenvalue weighted by Crippen LogP contribution is 2.46. The number of carbonyl (C=O) groups is 1. The Morgan fingerprint density at radius 3 is 2.55 bits per heavy atom. The number of aromatic nitrogens is 2. The van der Waals surface area contributed by atoms with Gasteiger partial charge in [0.1, 0.15) is 34.9 Å². The van der Waals surface area contributed by atoms with E-state index in [0.717, 1.165) is 22.8 Å². The van der Waals surface area contributed by atoms with Gasteiger partial charge in [-0.15, -0.1) is 0 Å². The van der Waals surface area contributed by atoms with Gasteiger partial charge in [-0.05, 0) is 24.3 Å². The summed E-state index contributed by atoms with van der Waals surface area (Å²) < 4.78 is 61.1. The molecule has 1 aliphatic carbocycles. The highest BCUT2D eigenvalue weighted by atomic mass is 32.2. The van der Waals surface area contributed by atoms with E-state index in [-0.39, 0.29) is 5.88 Å². The summed E-state index contributed by atoms with van der Waals surface area (Å²) >= 11 is 1.11. The first-order valence-electron chi connectivity index (χ1n) is 9.50. The third-order valence-corrected chi connectivity index (χ3v) is 6.35. The maximum absolute atomic E-state index is 14.5. The first-order chi connectivity index (χ1) is 14.9. The second-order valence-electron chi connectivity index (χ2n) is 7.16. The van der Waals surface area contributed by atoms with Crippen LogP contribution in [0.3, 0.4) is 0 Å². The van der Waals surface area contributed by atoms with Crippen LogP contribution in [-0.4, -0.2) is 51.6 Å². The fraction of sp³-hybridized carbons (Fsp3) is 0.400. The number of thioether (sulfide) groups is 1. The quantitative estimate of drug-likeness (QED) is 0.516. The van der Waals surface area contributed by atoms with Crippen molar-refractivity contribution in [2.45, 2.75) is 36.7 Å². The zero-order valence-corrected chi connectivity index (χ0v) is 17.1. The minimum atomic E-state index is -1.97. The fourth-order valence-corrected chi connectivity index (χ4v) is 4.81. The molecule has 0 aromatic carbocycles. The average molecular weight is 454 g/mol. The van der Waals surface area contributed by atoms with Gasteiger partial charge in [-0.2, -0.15) is 9.49 Å². The van der Waals surface area contributed by atoms with Crippen molar-refractivity contribution in [3.63, 3.8) is 0 Å². The van der Waals surface area contributed by atoms with Crippen LogP contribution in [0.15, 0.2) is 41.8 Å². The molecule has 2 aromatic rings. The van der Waals surface area contributed by atoms with Crippen molar-refractivity contribution < 1.29 is 27.1 Å². The number of amides is 1. The zero-order chi connectivity index (χ0) is 22.1. The molecule has 1 aliphatic heterocycles. The van der Waals surface area contributed by atoms with Gasteiger partial charge in [0.15, 0.2) is 0 Å². The number of pyridine rings is 2. The van der Waals surface area contributed by atoms with Crippen molar-refractivity contribution in [1.82, 2.24) is 15.0 Å². The van der Waals surface area contributed by atoms with E-state index in [4.69, 9.17) is 4.74 Å². The molecule has 5 atom stereocenters. The van der Waals surface area contributed by atoms with Crippen molar-refractivity contribution in [3.05, 3.63) is 53.7 Å². The second-order valence-corrected chi connectivity index (χ2v) is 8.23. The molecule has 4 rings (SSSR count). The van der Waals surface area contributed by atoms with Crippen molar-refractivity contribution in [1.29, 1.82) is 0 Å². The highest BCUT2D eigenvalue weighted by Gasteiger charge is 2.48. The summed E-state index contributed by atoms with van der Waals surface area (Å²) in [5.41, 5.74) is 0.887. The molecule has 2 aliphatic rings. The van der Waals surface area contributed by atoms with E-state index in [1.54, 1.807) is 12.1 Å². The maximum atomic E-state index is 14.5. The summed E-state index contributed by atoms with van der Waals surface area (Å²) in [7, 11) is 1.40. The van der Waals surface area contributed by atoms with E-state index in [1.165, 1.54) is 25.6 Å². The minimum Gasteiger partial charge on any atom is -0.481 e. The lowest BCUT2D eigenvalue weighted by Gasteiger charge is -2.33. The zero-order valence-electron chi connectivity index (χ0n) is 16.3. The molecule has 1 saturated carbocycles. The summed E-state index contributed by atoms with van der Waals surface area (Å²) in [6.07, 6.45) is -3.93. The Bertz CT molecular complexity index is 981. The van der Waals surface area contributed by atoms with E-state index < -0.39 is 54.5 Å². The number of hydrogen-bond acceptors (Lipinski definition) is 6. The van der Waals surface area contributed by atoms with Crippen LogP contribution < -0.4 is 4.74 Å². The van der Waals surface area contributed by atoms with Crippen LogP contribution in [0, 0.1) is 11.9 Å². The van der Waals surface area contributed by atoms with E-state index in [0.29, 0.717) is 16.2 Å². The van der Waals surface area contributed by atoms with Gasteiger partial charge in [0.05, 0.1) is 7.11 Å². The number of ether oxygens (including phenoxy) is 1. The van der Waals surface area contributed by atoms with Gasteiger partial charge in [0, 0.05) is 36.4 Å². The van der Waals surface area contributed by atoms with Crippen molar-refractivity contribution >= 4 is 22.7 Å². The lowest BCUT2D eigenvalue weighted by atomic mass is 9.84. The Hall–Kier alpha value is -2.69. The lowest BCUT2D eigenvalue weighted by molar-refractivity contribution is -0.144. The smallest absolute Gasteiger partial charge is 0.253 e. The number of halogens is 4. The minimum absolute atomic E-state index is 0.215. The number of hydrogen-bond donors (Lipinski definition) is 0. The Morgan fingerprint density at radius 2 is 1.90 bits per heavy atom. The molecule has 11 heteroatoms. The molecule has 1 amide bonds. The summed E-state index contributed by atoms with van der Waals surface area (Å²) in [5, 5.41) is 4.72. The van der Waals surface area contributed by atoms with E-state index in [2.05, 4.69) is 15.1 Å². The molecule has 0 bridgehead atoms. The van der Waals surface area contributed by atoms with Gasteiger partial charge < -0.3 is 4.74 Å². The monoisotopic (exact) mass is 454 g/mol. The number of rotatable bonds is 4. The molecule has 4 unspecified atom stereocenters. The fourth-order valence-electron chi connectivity index (χ4n) is 3.65. The summed E-state index contributed by atoms with van der Waals surface area (Å²) in [4.78, 5) is 20.9. The van der Waals surface area contributed by atoms with Gasteiger partial charge in [-0.1, -0.05) is 11.8 Å². The second kappa shape index (κ2) is 8.81. The normalized spacial score (nSPS) is 28.4. The van der Waals surface area contributed by atoms with Crippen molar-refractivity contribution in [3.8, 4) is 5.88 Å². The van der Waals surface area contributed by atoms with Crippen LogP contribution in [0.1, 0.15) is 29.3 Å². The van der Waals surface area contributed by atoms with Crippen LogP contribution in [0.2, 0.25) is 0 Å². The Labute approximate surface area is 179 Å². The lowest BCUT2D eigenvalue weighted by Crippen LogP contribution is -2.46. The summed E-state index contributed by atoms with van der Waals surface area (Å²) in [6, 6.07) is 5.86. The van der Waals surface area contributed by atoms with Crippen LogP contribution in [-0.2, 0) is 4.79 Å². The van der Waals surface area contributed by atoms with Crippen molar-refractivity contribution in [2.24, 2.45) is 11.0 Å². The largest absolute Gasteiger partial charge is 0.481 e. The molecule has 0 N–H and O–H groups in total. The SMILES string of the molecule is COc1ncccc1C1SC(c2ccc(F)nc2)=NN1C(=O)C1C(F)CC(F)C[C@@H]1F. The molecular weight excluding hydrogens is 436 g/mol. The van der Waals surface area contributed by atoms with E-state index >= 15 is 0 Å². The molecule has 6 nitrogen and oxygen atoms in total. The Balaban J connectivity index is 1.72. The predicted octanol–water partition coefficient (Wildman–Crippen LogP) is 3.98. The van der Waals surface area contributed by atoms with E-state index in [1.807, 2.05) is 0 Å². The highest BCUT2D eigenvalue weighted by molar-refractivity contribution is 8.14. The van der Waals surface area contributed by atoms with Crippen molar-refractivity contribution in [2.75, 3.05) is 7.11 Å². The molecular formula is C20H18F4N4O2S. The number of hydrazone groups is 1. The molecule has 31 heavy (non-hydrogen) atoms. The number of methoxy groups -OCH3 is 1. The number of carbonyl (C=O) groups excluding carboxylic acids is 1. The third kappa shape index (κ3) is 4.23. The summed E-state index contributed by atoms with van der Waals surface area (Å²) in [5.74, 6) is -3.05. The molecule has 0 radical (unpaired) electrons. The number of nitrogens with zero attached hydrogens (tertiary/aromatic N) is 4. The number of alkyl halides is 3. The summed E-state index contributed by atoms with van der Waals surface area (Å²) in [6.45, 7) is 0. The van der Waals surface area contributed by atoms with Crippen LogP contribution in [0.25, 0.3) is 0 Å². The molecule has 1 fully saturated rings. The van der Waals surface area contributed by atoms with Gasteiger partial charge in [0.2, 0.25) is 11.8 Å². The van der Waals surface area contributed by atoms with Gasteiger partial charge >= 0.3 is 0 Å². The maximum Gasteiger partial charge on any atom is 0.253 e. The molecule has 0 spiro atoms. The molecule has 0 saturated heterocycles. The topological polar surface area (TPSA) is 67.7 Å². The van der Waals surface area contributed by atoms with Gasteiger partial charge in [-0.3, -0.25) is 4.79 Å². The average Bonchev–Trinajstić information content (AvgIpc) is 3.18. The first-order valence-corrected chi connectivity index (χ1v) is 10.4. The van der Waals surface area contributed by atoms with Crippen LogP contribution >= 0.6 is 11.8 Å². The molecule has 2 aromatic heterocycles. The van der Waals surface area contributed by atoms with Gasteiger partial charge in [-0.25, -0.2) is 28.1 Å². The van der Waals surface area contributed by atoms with Gasteiger partial charge in [0.25, 0.3) is 5.91 Å².